The molecule has 2 aromatic rings. The number of thioether (sulfide) groups is 1. The molecule has 172 valence electrons. The van der Waals surface area contributed by atoms with Crippen molar-refractivity contribution in [2.45, 2.75) is 63.0 Å². The van der Waals surface area contributed by atoms with Crippen LogP contribution in [0.15, 0.2) is 29.2 Å². The van der Waals surface area contributed by atoms with E-state index in [-0.39, 0.29) is 17.1 Å². The molecule has 3 rings (SSSR count). The van der Waals surface area contributed by atoms with E-state index in [1.807, 2.05) is 38.1 Å². The lowest BCUT2D eigenvalue weighted by Gasteiger charge is -2.18. The number of nitrogens with one attached hydrogen (secondary N) is 2. The molecule has 1 heterocycles. The molecule has 0 radical (unpaired) electrons. The van der Waals surface area contributed by atoms with Gasteiger partial charge >= 0.3 is 5.97 Å². The molecule has 1 aliphatic rings. The monoisotopic (exact) mass is 474 g/mol. The van der Waals surface area contributed by atoms with Crippen LogP contribution < -0.4 is 10.6 Å². The molecule has 6 nitrogen and oxygen atoms in total. The van der Waals surface area contributed by atoms with E-state index in [9.17, 15) is 14.4 Å². The van der Waals surface area contributed by atoms with Crippen LogP contribution in [0, 0.1) is 5.92 Å². The van der Waals surface area contributed by atoms with Crippen molar-refractivity contribution in [3.05, 3.63) is 40.3 Å². The molecule has 1 aromatic carbocycles. The summed E-state index contributed by atoms with van der Waals surface area (Å²) in [7, 11) is 1.37. The largest absolute Gasteiger partial charge is 0.465 e. The van der Waals surface area contributed by atoms with Gasteiger partial charge in [0, 0.05) is 21.9 Å². The SMILES string of the molecule is CCCC(=O)Nc1cccc(SC(C)C(=O)Nc2sc3c(c2C(=O)OC)CCC(C)C3)c1. The molecular weight excluding hydrogens is 444 g/mol. The third-order valence-electron chi connectivity index (χ3n) is 5.41. The molecule has 2 N–H and O–H groups in total. The van der Waals surface area contributed by atoms with Crippen LogP contribution in [-0.2, 0) is 27.2 Å². The van der Waals surface area contributed by atoms with Crippen LogP contribution in [0.1, 0.15) is 60.8 Å². The lowest BCUT2D eigenvalue weighted by molar-refractivity contribution is -0.116. The first kappa shape index (κ1) is 24.3. The van der Waals surface area contributed by atoms with E-state index in [4.69, 9.17) is 4.74 Å². The van der Waals surface area contributed by atoms with Crippen LogP contribution in [0.2, 0.25) is 0 Å². The van der Waals surface area contributed by atoms with Gasteiger partial charge in [-0.25, -0.2) is 4.79 Å². The third-order valence-corrected chi connectivity index (χ3v) is 7.68. The highest BCUT2D eigenvalue weighted by molar-refractivity contribution is 8.00. The Morgan fingerprint density at radius 1 is 1.28 bits per heavy atom. The van der Waals surface area contributed by atoms with Gasteiger partial charge in [0.2, 0.25) is 11.8 Å². The van der Waals surface area contributed by atoms with Gasteiger partial charge in [-0.1, -0.05) is 19.9 Å². The summed E-state index contributed by atoms with van der Waals surface area (Å²) >= 11 is 2.89. The Morgan fingerprint density at radius 2 is 2.06 bits per heavy atom. The number of carbonyl (C=O) groups excluding carboxylic acids is 3. The molecule has 0 saturated carbocycles. The van der Waals surface area contributed by atoms with Crippen molar-refractivity contribution in [3.63, 3.8) is 0 Å². The van der Waals surface area contributed by atoms with E-state index in [0.29, 0.717) is 28.6 Å². The summed E-state index contributed by atoms with van der Waals surface area (Å²) in [6, 6.07) is 7.47. The number of benzene rings is 1. The standard InChI is InChI=1S/C24H30N2O4S2/c1-5-7-20(27)25-16-8-6-9-17(13-16)31-15(3)22(28)26-23-21(24(29)30-4)18-11-10-14(2)12-19(18)32-23/h6,8-9,13-15H,5,7,10-12H2,1-4H3,(H,25,27)(H,26,28). The van der Waals surface area contributed by atoms with Crippen LogP contribution in [-0.4, -0.2) is 30.1 Å². The number of fused-ring (bicyclic) bond motifs is 1. The van der Waals surface area contributed by atoms with Gasteiger partial charge in [-0.05, 0) is 62.3 Å². The smallest absolute Gasteiger partial charge is 0.341 e. The Bertz CT molecular complexity index is 1000. The quantitative estimate of drug-likeness (QED) is 0.389. The third kappa shape index (κ3) is 5.92. The fourth-order valence-corrected chi connectivity index (χ4v) is 6.05. The summed E-state index contributed by atoms with van der Waals surface area (Å²) in [5.41, 5.74) is 2.24. The van der Waals surface area contributed by atoms with E-state index in [2.05, 4.69) is 17.6 Å². The predicted octanol–water partition coefficient (Wildman–Crippen LogP) is 5.52. The van der Waals surface area contributed by atoms with Crippen LogP contribution in [0.3, 0.4) is 0 Å². The number of thiophene rings is 1. The van der Waals surface area contributed by atoms with Crippen LogP contribution in [0.25, 0.3) is 0 Å². The van der Waals surface area contributed by atoms with Crippen molar-refractivity contribution < 1.29 is 19.1 Å². The van der Waals surface area contributed by atoms with E-state index in [1.54, 1.807) is 0 Å². The number of rotatable bonds is 8. The Hall–Kier alpha value is -2.32. The zero-order chi connectivity index (χ0) is 23.3. The Kier molecular flexibility index (Phi) is 8.37. The number of amides is 2. The summed E-state index contributed by atoms with van der Waals surface area (Å²) in [4.78, 5) is 39.3. The van der Waals surface area contributed by atoms with E-state index in [1.165, 1.54) is 30.2 Å². The van der Waals surface area contributed by atoms with Gasteiger partial charge in [-0.2, -0.15) is 0 Å². The molecule has 0 fully saturated rings. The molecule has 2 amide bonds. The molecule has 8 heteroatoms. The lowest BCUT2D eigenvalue weighted by atomic mass is 9.88. The van der Waals surface area contributed by atoms with Crippen molar-refractivity contribution in [2.24, 2.45) is 5.92 Å². The van der Waals surface area contributed by atoms with Crippen LogP contribution in [0.4, 0.5) is 10.7 Å². The summed E-state index contributed by atoms with van der Waals surface area (Å²) in [6.07, 6.45) is 4.03. The molecule has 0 saturated heterocycles. The van der Waals surface area contributed by atoms with Gasteiger partial charge in [-0.3, -0.25) is 9.59 Å². The normalized spacial score (nSPS) is 16.1. The van der Waals surface area contributed by atoms with Crippen molar-refractivity contribution in [1.82, 2.24) is 0 Å². The molecule has 0 bridgehead atoms. The zero-order valence-corrected chi connectivity index (χ0v) is 20.6. The highest BCUT2D eigenvalue weighted by Gasteiger charge is 2.29. The first-order chi connectivity index (χ1) is 15.3. The van der Waals surface area contributed by atoms with Gasteiger partial charge in [0.15, 0.2) is 0 Å². The minimum atomic E-state index is -0.400. The first-order valence-electron chi connectivity index (χ1n) is 10.9. The van der Waals surface area contributed by atoms with Crippen molar-refractivity contribution in [3.8, 4) is 0 Å². The van der Waals surface area contributed by atoms with Gasteiger partial charge in [0.1, 0.15) is 5.00 Å². The topological polar surface area (TPSA) is 84.5 Å². The van der Waals surface area contributed by atoms with Gasteiger partial charge in [-0.15, -0.1) is 23.1 Å². The van der Waals surface area contributed by atoms with Gasteiger partial charge in [0.05, 0.1) is 17.9 Å². The van der Waals surface area contributed by atoms with Crippen molar-refractivity contribution in [2.75, 3.05) is 17.7 Å². The maximum absolute atomic E-state index is 13.0. The van der Waals surface area contributed by atoms with E-state index < -0.39 is 5.97 Å². The molecule has 2 unspecified atom stereocenters. The van der Waals surface area contributed by atoms with Crippen molar-refractivity contribution in [1.29, 1.82) is 0 Å². The maximum atomic E-state index is 13.0. The summed E-state index contributed by atoms with van der Waals surface area (Å²) in [5, 5.41) is 6.04. The Labute approximate surface area is 197 Å². The first-order valence-corrected chi connectivity index (χ1v) is 12.6. The second kappa shape index (κ2) is 11.0. The fourth-order valence-electron chi connectivity index (χ4n) is 3.73. The average molecular weight is 475 g/mol. The Balaban J connectivity index is 1.71. The molecule has 2 atom stereocenters. The second-order valence-electron chi connectivity index (χ2n) is 8.12. The van der Waals surface area contributed by atoms with Crippen LogP contribution >= 0.6 is 23.1 Å². The summed E-state index contributed by atoms with van der Waals surface area (Å²) < 4.78 is 5.00. The predicted molar refractivity (Wildman–Crippen MR) is 131 cm³/mol. The second-order valence-corrected chi connectivity index (χ2v) is 10.6. The fraction of sp³-hybridized carbons (Fsp3) is 0.458. The molecule has 0 spiro atoms. The summed E-state index contributed by atoms with van der Waals surface area (Å²) in [5.74, 6) is -0.0306. The minimum Gasteiger partial charge on any atom is -0.465 e. The zero-order valence-electron chi connectivity index (χ0n) is 18.9. The van der Waals surface area contributed by atoms with E-state index in [0.717, 1.165) is 41.0 Å². The number of hydrogen-bond donors (Lipinski definition) is 2. The van der Waals surface area contributed by atoms with Crippen molar-refractivity contribution >= 4 is 51.6 Å². The highest BCUT2D eigenvalue weighted by Crippen LogP contribution is 2.40. The number of esters is 1. The molecule has 32 heavy (non-hydrogen) atoms. The maximum Gasteiger partial charge on any atom is 0.341 e. The average Bonchev–Trinajstić information content (AvgIpc) is 3.10. The lowest BCUT2D eigenvalue weighted by Crippen LogP contribution is -2.23. The number of anilines is 2. The molecule has 0 aliphatic heterocycles. The number of hydrogen-bond acceptors (Lipinski definition) is 6. The molecule has 1 aliphatic carbocycles. The van der Waals surface area contributed by atoms with Gasteiger partial charge in [0.25, 0.3) is 0 Å². The van der Waals surface area contributed by atoms with Crippen LogP contribution in [0.5, 0.6) is 0 Å². The highest BCUT2D eigenvalue weighted by atomic mass is 32.2. The van der Waals surface area contributed by atoms with E-state index >= 15 is 0 Å². The number of ether oxygens (including phenoxy) is 1. The Morgan fingerprint density at radius 3 is 2.78 bits per heavy atom. The summed E-state index contributed by atoms with van der Waals surface area (Å²) in [6.45, 7) is 5.99. The molecule has 1 aromatic heterocycles. The number of carbonyl (C=O) groups is 3. The van der Waals surface area contributed by atoms with Gasteiger partial charge < -0.3 is 15.4 Å². The minimum absolute atomic E-state index is 0.0215. The number of methoxy groups -OCH3 is 1. The molecular formula is C24H30N2O4S2.